The molecule has 0 aliphatic rings. The summed E-state index contributed by atoms with van der Waals surface area (Å²) in [5.74, 6) is 1.78. The van der Waals surface area contributed by atoms with Crippen LogP contribution in [0.1, 0.15) is 32.8 Å². The van der Waals surface area contributed by atoms with Gasteiger partial charge in [0.05, 0.1) is 16.8 Å². The number of rotatable bonds is 5. The summed E-state index contributed by atoms with van der Waals surface area (Å²) >= 11 is 0. The van der Waals surface area contributed by atoms with Crippen LogP contribution in [-0.2, 0) is 4.74 Å². The number of nitrogens with zero attached hydrogens (tertiary/aromatic N) is 1. The molecule has 24 heavy (non-hydrogen) atoms. The quantitative estimate of drug-likeness (QED) is 0.314. The van der Waals surface area contributed by atoms with Crippen molar-refractivity contribution in [3.63, 3.8) is 0 Å². The van der Waals surface area contributed by atoms with Gasteiger partial charge in [0.25, 0.3) is 0 Å². The summed E-state index contributed by atoms with van der Waals surface area (Å²) < 4.78 is 6.87. The minimum absolute atomic E-state index is 0.153. The van der Waals surface area contributed by atoms with Gasteiger partial charge in [-0.3, -0.25) is 4.79 Å². The number of hydrogen-bond donors (Lipinski definition) is 0. The largest absolute Gasteiger partial charge is 0.461 e. The summed E-state index contributed by atoms with van der Waals surface area (Å²) in [6, 6.07) is 15.9. The number of carbonyl (C=O) groups is 2. The zero-order chi connectivity index (χ0) is 16.9. The molecule has 0 atom stereocenters. The lowest BCUT2D eigenvalue weighted by atomic mass is 10.1. The maximum Gasteiger partial charge on any atom is 0.340 e. The van der Waals surface area contributed by atoms with Crippen molar-refractivity contribution in [1.82, 2.24) is 4.40 Å². The number of carbonyl (C=O) groups excluding carboxylic acids is 2. The molecule has 0 aliphatic heterocycles. The first-order valence-electron chi connectivity index (χ1n) is 7.53. The lowest BCUT2D eigenvalue weighted by Gasteiger charge is -2.02. The molecule has 0 bridgehead atoms. The third-order valence-electron chi connectivity index (χ3n) is 3.64. The lowest BCUT2D eigenvalue weighted by molar-refractivity contribution is 0.0516. The highest BCUT2D eigenvalue weighted by Crippen LogP contribution is 2.21. The SMILES string of the molecule is C#CCCOC(=O)c1cc(C(=O)c2ccccc2)n2ccccc12. The van der Waals surface area contributed by atoms with E-state index >= 15 is 0 Å². The second kappa shape index (κ2) is 6.84. The van der Waals surface area contributed by atoms with Crippen LogP contribution in [-0.4, -0.2) is 22.8 Å². The predicted octanol–water partition coefficient (Wildman–Crippen LogP) is 3.35. The molecule has 3 aromatic rings. The van der Waals surface area contributed by atoms with Crippen LogP contribution in [0.25, 0.3) is 5.52 Å². The Balaban J connectivity index is 2.03. The Morgan fingerprint density at radius 3 is 2.58 bits per heavy atom. The first-order valence-corrected chi connectivity index (χ1v) is 7.53. The van der Waals surface area contributed by atoms with Crippen LogP contribution < -0.4 is 0 Å². The second-order valence-electron chi connectivity index (χ2n) is 5.18. The third-order valence-corrected chi connectivity index (χ3v) is 3.64. The average molecular weight is 317 g/mol. The van der Waals surface area contributed by atoms with Crippen molar-refractivity contribution in [3.05, 3.63) is 77.6 Å². The van der Waals surface area contributed by atoms with E-state index in [1.807, 2.05) is 18.2 Å². The Bertz CT molecular complexity index is 932. The highest BCUT2D eigenvalue weighted by atomic mass is 16.5. The highest BCUT2D eigenvalue weighted by Gasteiger charge is 2.20. The normalized spacial score (nSPS) is 10.3. The molecule has 0 amide bonds. The number of benzene rings is 1. The Hall–Kier alpha value is -3.32. The predicted molar refractivity (Wildman–Crippen MR) is 91.0 cm³/mol. The number of ketones is 1. The van der Waals surface area contributed by atoms with E-state index in [9.17, 15) is 9.59 Å². The summed E-state index contributed by atoms with van der Waals surface area (Å²) in [5, 5.41) is 0. The van der Waals surface area contributed by atoms with Crippen LogP contribution in [0, 0.1) is 12.3 Å². The minimum atomic E-state index is -0.485. The third kappa shape index (κ3) is 2.92. The number of aromatic nitrogens is 1. The molecular weight excluding hydrogens is 302 g/mol. The standard InChI is InChI=1S/C20H15NO3/c1-2-3-13-24-20(23)16-14-18(21-12-8-7-11-17(16)21)19(22)15-9-5-4-6-10-15/h1,4-12,14H,3,13H2. The molecule has 3 rings (SSSR count). The van der Waals surface area contributed by atoms with E-state index in [0.29, 0.717) is 28.8 Å². The van der Waals surface area contributed by atoms with Gasteiger partial charge < -0.3 is 9.14 Å². The molecule has 2 heterocycles. The number of fused-ring (bicyclic) bond motifs is 1. The van der Waals surface area contributed by atoms with Crippen molar-refractivity contribution in [3.8, 4) is 12.3 Å². The fourth-order valence-corrected chi connectivity index (χ4v) is 2.51. The number of hydrogen-bond acceptors (Lipinski definition) is 3. The fourth-order valence-electron chi connectivity index (χ4n) is 2.51. The fraction of sp³-hybridized carbons (Fsp3) is 0.100. The summed E-state index contributed by atoms with van der Waals surface area (Å²) in [6.45, 7) is 0.154. The molecule has 0 spiro atoms. The topological polar surface area (TPSA) is 47.8 Å². The van der Waals surface area contributed by atoms with Gasteiger partial charge in [0, 0.05) is 18.2 Å². The molecule has 0 saturated carbocycles. The summed E-state index contributed by atoms with van der Waals surface area (Å²) in [4.78, 5) is 25.0. The Kier molecular flexibility index (Phi) is 4.44. The minimum Gasteiger partial charge on any atom is -0.461 e. The van der Waals surface area contributed by atoms with Crippen molar-refractivity contribution >= 4 is 17.3 Å². The van der Waals surface area contributed by atoms with E-state index in [1.165, 1.54) is 0 Å². The van der Waals surface area contributed by atoms with Crippen molar-refractivity contribution in [1.29, 1.82) is 0 Å². The van der Waals surface area contributed by atoms with E-state index < -0.39 is 5.97 Å². The number of esters is 1. The van der Waals surface area contributed by atoms with Gasteiger partial charge in [-0.1, -0.05) is 36.4 Å². The molecule has 4 heteroatoms. The van der Waals surface area contributed by atoms with E-state index in [0.717, 1.165) is 0 Å². The van der Waals surface area contributed by atoms with Gasteiger partial charge >= 0.3 is 5.97 Å². The van der Waals surface area contributed by atoms with Crippen molar-refractivity contribution in [2.75, 3.05) is 6.61 Å². The maximum absolute atomic E-state index is 12.8. The zero-order valence-electron chi connectivity index (χ0n) is 12.9. The van der Waals surface area contributed by atoms with Crippen LogP contribution in [0.3, 0.4) is 0 Å². The molecule has 1 aromatic carbocycles. The van der Waals surface area contributed by atoms with Crippen LogP contribution in [0.4, 0.5) is 0 Å². The molecule has 118 valence electrons. The number of ether oxygens (including phenoxy) is 1. The van der Waals surface area contributed by atoms with Gasteiger partial charge in [0.15, 0.2) is 0 Å². The zero-order valence-corrected chi connectivity index (χ0v) is 12.9. The Morgan fingerprint density at radius 2 is 1.83 bits per heavy atom. The molecule has 2 aromatic heterocycles. The molecule has 0 aliphatic carbocycles. The highest BCUT2D eigenvalue weighted by molar-refractivity contribution is 6.11. The monoisotopic (exact) mass is 317 g/mol. The van der Waals surface area contributed by atoms with Gasteiger partial charge in [-0.2, -0.15) is 0 Å². The number of pyridine rings is 1. The molecule has 0 fully saturated rings. The van der Waals surface area contributed by atoms with Gasteiger partial charge in [0.1, 0.15) is 6.61 Å². The van der Waals surface area contributed by atoms with Crippen molar-refractivity contribution in [2.45, 2.75) is 6.42 Å². The van der Waals surface area contributed by atoms with Crippen LogP contribution in [0.15, 0.2) is 60.8 Å². The second-order valence-corrected chi connectivity index (χ2v) is 5.18. The number of terminal acetylenes is 1. The van der Waals surface area contributed by atoms with Gasteiger partial charge in [-0.15, -0.1) is 12.3 Å². The molecule has 0 N–H and O–H groups in total. The van der Waals surface area contributed by atoms with Crippen LogP contribution in [0.2, 0.25) is 0 Å². The summed E-state index contributed by atoms with van der Waals surface area (Å²) in [5.41, 5.74) is 1.96. The van der Waals surface area contributed by atoms with E-state index in [2.05, 4.69) is 5.92 Å². The van der Waals surface area contributed by atoms with Crippen LogP contribution in [0.5, 0.6) is 0 Å². The summed E-state index contributed by atoms with van der Waals surface area (Å²) in [7, 11) is 0. The average Bonchev–Trinajstić information content (AvgIpc) is 3.02. The molecule has 4 nitrogen and oxygen atoms in total. The molecule has 0 radical (unpaired) electrons. The van der Waals surface area contributed by atoms with Crippen molar-refractivity contribution in [2.24, 2.45) is 0 Å². The maximum atomic E-state index is 12.8. The summed E-state index contributed by atoms with van der Waals surface area (Å²) in [6.07, 6.45) is 7.27. The van der Waals surface area contributed by atoms with Gasteiger partial charge in [-0.05, 0) is 18.2 Å². The first-order chi connectivity index (χ1) is 11.7. The van der Waals surface area contributed by atoms with Gasteiger partial charge in [-0.25, -0.2) is 4.79 Å². The molecule has 0 saturated heterocycles. The Morgan fingerprint density at radius 1 is 1.08 bits per heavy atom. The van der Waals surface area contributed by atoms with E-state index in [1.54, 1.807) is 47.0 Å². The van der Waals surface area contributed by atoms with Gasteiger partial charge in [0.2, 0.25) is 5.78 Å². The molecular formula is C20H15NO3. The van der Waals surface area contributed by atoms with E-state index in [-0.39, 0.29) is 12.4 Å². The lowest BCUT2D eigenvalue weighted by Crippen LogP contribution is -2.05. The van der Waals surface area contributed by atoms with Crippen LogP contribution >= 0.6 is 0 Å². The van der Waals surface area contributed by atoms with E-state index in [4.69, 9.17) is 11.2 Å². The molecule has 0 unspecified atom stereocenters. The van der Waals surface area contributed by atoms with Crippen molar-refractivity contribution < 1.29 is 14.3 Å². The smallest absolute Gasteiger partial charge is 0.340 e. The first kappa shape index (κ1) is 15.6. The Labute approximate surface area is 139 Å².